The SMILES string of the molecule is CC(C)N(C)C[C@H]1CO[C@]2(COCCN(Cc3ccccn3)C2)C1. The maximum atomic E-state index is 6.31. The molecule has 5 heteroatoms. The molecule has 2 fully saturated rings. The van der Waals surface area contributed by atoms with Gasteiger partial charge in [0.2, 0.25) is 0 Å². The monoisotopic (exact) mass is 333 g/mol. The van der Waals surface area contributed by atoms with Crippen molar-refractivity contribution >= 4 is 0 Å². The summed E-state index contributed by atoms with van der Waals surface area (Å²) < 4.78 is 12.2. The predicted octanol–water partition coefficient (Wildman–Crippen LogP) is 2.03. The summed E-state index contributed by atoms with van der Waals surface area (Å²) in [5.41, 5.74) is 0.969. The number of rotatable bonds is 5. The van der Waals surface area contributed by atoms with Crippen molar-refractivity contribution in [1.29, 1.82) is 0 Å². The third kappa shape index (κ3) is 4.54. The van der Waals surface area contributed by atoms with E-state index in [1.165, 1.54) is 0 Å². The van der Waals surface area contributed by atoms with Gasteiger partial charge >= 0.3 is 0 Å². The molecule has 2 aliphatic heterocycles. The number of ether oxygens (including phenoxy) is 2. The Morgan fingerprint density at radius 1 is 1.42 bits per heavy atom. The van der Waals surface area contributed by atoms with Crippen LogP contribution in [0.2, 0.25) is 0 Å². The third-order valence-corrected chi connectivity index (χ3v) is 5.25. The van der Waals surface area contributed by atoms with Crippen LogP contribution >= 0.6 is 0 Å². The van der Waals surface area contributed by atoms with Crippen molar-refractivity contribution in [3.05, 3.63) is 30.1 Å². The normalized spacial score (nSPS) is 28.8. The first-order chi connectivity index (χ1) is 11.6. The first-order valence-corrected chi connectivity index (χ1v) is 9.10. The average Bonchev–Trinajstić information content (AvgIpc) is 2.83. The third-order valence-electron chi connectivity index (χ3n) is 5.25. The Kier molecular flexibility index (Phi) is 5.87. The highest BCUT2D eigenvalue weighted by Crippen LogP contribution is 2.33. The summed E-state index contributed by atoms with van der Waals surface area (Å²) in [6.45, 7) is 10.7. The molecule has 3 heterocycles. The molecule has 0 bridgehead atoms. The van der Waals surface area contributed by atoms with E-state index in [4.69, 9.17) is 9.47 Å². The van der Waals surface area contributed by atoms with Crippen molar-refractivity contribution in [1.82, 2.24) is 14.8 Å². The van der Waals surface area contributed by atoms with Gasteiger partial charge in [-0.05, 0) is 45.4 Å². The molecule has 2 atom stereocenters. The summed E-state index contributed by atoms with van der Waals surface area (Å²) in [5, 5.41) is 0. The molecule has 5 nitrogen and oxygen atoms in total. The molecule has 0 unspecified atom stereocenters. The van der Waals surface area contributed by atoms with Crippen LogP contribution in [0.3, 0.4) is 0 Å². The molecule has 3 rings (SSSR count). The molecule has 0 amide bonds. The summed E-state index contributed by atoms with van der Waals surface area (Å²) in [6.07, 6.45) is 2.95. The van der Waals surface area contributed by atoms with E-state index in [0.717, 1.165) is 51.5 Å². The van der Waals surface area contributed by atoms with Gasteiger partial charge in [-0.3, -0.25) is 9.88 Å². The second kappa shape index (κ2) is 7.91. The molecular weight excluding hydrogens is 302 g/mol. The lowest BCUT2D eigenvalue weighted by Crippen LogP contribution is -2.44. The Balaban J connectivity index is 1.60. The van der Waals surface area contributed by atoms with E-state index >= 15 is 0 Å². The van der Waals surface area contributed by atoms with Gasteiger partial charge in [-0.1, -0.05) is 6.07 Å². The maximum absolute atomic E-state index is 6.31. The average molecular weight is 333 g/mol. The number of hydrogen-bond acceptors (Lipinski definition) is 5. The molecule has 1 spiro atoms. The van der Waals surface area contributed by atoms with Crippen LogP contribution in [0, 0.1) is 5.92 Å². The molecule has 0 aromatic carbocycles. The molecule has 2 aliphatic rings. The Bertz CT molecular complexity index is 511. The van der Waals surface area contributed by atoms with Gasteiger partial charge in [-0.25, -0.2) is 0 Å². The van der Waals surface area contributed by atoms with Gasteiger partial charge in [0.05, 0.1) is 25.5 Å². The van der Waals surface area contributed by atoms with Gasteiger partial charge in [0.15, 0.2) is 0 Å². The minimum absolute atomic E-state index is 0.145. The van der Waals surface area contributed by atoms with Gasteiger partial charge < -0.3 is 14.4 Å². The minimum Gasteiger partial charge on any atom is -0.377 e. The van der Waals surface area contributed by atoms with E-state index in [-0.39, 0.29) is 5.60 Å². The molecule has 1 aromatic rings. The van der Waals surface area contributed by atoms with E-state index in [0.29, 0.717) is 18.6 Å². The number of nitrogens with zero attached hydrogens (tertiary/aromatic N) is 3. The van der Waals surface area contributed by atoms with E-state index in [1.54, 1.807) is 0 Å². The van der Waals surface area contributed by atoms with Crippen molar-refractivity contribution in [3.63, 3.8) is 0 Å². The summed E-state index contributed by atoms with van der Waals surface area (Å²) >= 11 is 0. The second-order valence-electron chi connectivity index (χ2n) is 7.68. The van der Waals surface area contributed by atoms with Gasteiger partial charge in [0, 0.05) is 38.4 Å². The van der Waals surface area contributed by atoms with Crippen LogP contribution < -0.4 is 0 Å². The molecule has 0 radical (unpaired) electrons. The van der Waals surface area contributed by atoms with Gasteiger partial charge in [-0.15, -0.1) is 0 Å². The standard InChI is InChI=1S/C19H31N3O2/c1-16(2)21(3)11-17-10-19(24-13-17)14-22(8-9-23-15-19)12-18-6-4-5-7-20-18/h4-7,16-17H,8-15H2,1-3H3/t17-,19+/m0/s1. The van der Waals surface area contributed by atoms with Crippen LogP contribution in [-0.2, 0) is 16.0 Å². The van der Waals surface area contributed by atoms with Crippen molar-refractivity contribution in [2.24, 2.45) is 5.92 Å². The van der Waals surface area contributed by atoms with Gasteiger partial charge in [0.25, 0.3) is 0 Å². The Morgan fingerprint density at radius 3 is 3.04 bits per heavy atom. The van der Waals surface area contributed by atoms with Crippen LogP contribution in [0.5, 0.6) is 0 Å². The lowest BCUT2D eigenvalue weighted by atomic mass is 9.93. The molecule has 134 valence electrons. The zero-order valence-electron chi connectivity index (χ0n) is 15.3. The topological polar surface area (TPSA) is 37.8 Å². The van der Waals surface area contributed by atoms with Crippen molar-refractivity contribution < 1.29 is 9.47 Å². The first kappa shape index (κ1) is 17.8. The number of aromatic nitrogens is 1. The summed E-state index contributed by atoms with van der Waals surface area (Å²) in [5.74, 6) is 0.593. The van der Waals surface area contributed by atoms with E-state index in [9.17, 15) is 0 Å². The zero-order chi connectivity index (χ0) is 17.0. The van der Waals surface area contributed by atoms with Crippen LogP contribution in [0.1, 0.15) is 26.0 Å². The molecule has 0 saturated carbocycles. The molecule has 2 saturated heterocycles. The lowest BCUT2D eigenvalue weighted by Gasteiger charge is -2.31. The highest BCUT2D eigenvalue weighted by molar-refractivity contribution is 5.04. The quantitative estimate of drug-likeness (QED) is 0.824. The highest BCUT2D eigenvalue weighted by Gasteiger charge is 2.43. The maximum Gasteiger partial charge on any atom is 0.104 e. The smallest absolute Gasteiger partial charge is 0.104 e. The largest absolute Gasteiger partial charge is 0.377 e. The second-order valence-corrected chi connectivity index (χ2v) is 7.68. The van der Waals surface area contributed by atoms with Crippen LogP contribution in [0.15, 0.2) is 24.4 Å². The van der Waals surface area contributed by atoms with E-state index in [1.807, 2.05) is 12.3 Å². The van der Waals surface area contributed by atoms with Crippen molar-refractivity contribution in [2.75, 3.05) is 46.5 Å². The van der Waals surface area contributed by atoms with Crippen LogP contribution in [0.4, 0.5) is 0 Å². The molecule has 0 N–H and O–H groups in total. The van der Waals surface area contributed by atoms with Crippen LogP contribution in [0.25, 0.3) is 0 Å². The first-order valence-electron chi connectivity index (χ1n) is 9.10. The Labute approximate surface area is 145 Å². The lowest BCUT2D eigenvalue weighted by molar-refractivity contribution is -0.0564. The summed E-state index contributed by atoms with van der Waals surface area (Å²) in [4.78, 5) is 9.31. The fourth-order valence-electron chi connectivity index (χ4n) is 3.72. The number of hydrogen-bond donors (Lipinski definition) is 0. The Morgan fingerprint density at radius 2 is 2.29 bits per heavy atom. The number of pyridine rings is 1. The fourth-order valence-corrected chi connectivity index (χ4v) is 3.72. The zero-order valence-corrected chi connectivity index (χ0v) is 15.3. The summed E-state index contributed by atoms with van der Waals surface area (Å²) in [7, 11) is 2.20. The fraction of sp³-hybridized carbons (Fsp3) is 0.737. The molecule has 24 heavy (non-hydrogen) atoms. The molecular formula is C19H31N3O2. The predicted molar refractivity (Wildman–Crippen MR) is 94.9 cm³/mol. The summed E-state index contributed by atoms with van der Waals surface area (Å²) in [6, 6.07) is 6.68. The van der Waals surface area contributed by atoms with Crippen molar-refractivity contribution in [3.8, 4) is 0 Å². The molecule has 1 aromatic heterocycles. The van der Waals surface area contributed by atoms with E-state index < -0.39 is 0 Å². The minimum atomic E-state index is -0.145. The van der Waals surface area contributed by atoms with Crippen LogP contribution in [-0.4, -0.2) is 72.9 Å². The Hall–Kier alpha value is -1.01. The van der Waals surface area contributed by atoms with E-state index in [2.05, 4.69) is 47.8 Å². The highest BCUT2D eigenvalue weighted by atomic mass is 16.5. The van der Waals surface area contributed by atoms with Gasteiger partial charge in [-0.2, -0.15) is 0 Å². The van der Waals surface area contributed by atoms with Gasteiger partial charge in [0.1, 0.15) is 5.60 Å². The molecule has 0 aliphatic carbocycles. The van der Waals surface area contributed by atoms with Crippen molar-refractivity contribution in [2.45, 2.75) is 38.5 Å².